The van der Waals surface area contributed by atoms with E-state index >= 15 is 0 Å². The van der Waals surface area contributed by atoms with Crippen molar-refractivity contribution in [1.82, 2.24) is 10.3 Å². The normalized spacial score (nSPS) is 23.3. The Morgan fingerprint density at radius 2 is 2.32 bits per heavy atom. The van der Waals surface area contributed by atoms with Gasteiger partial charge in [0.15, 0.2) is 0 Å². The molecule has 2 atom stereocenters. The molecule has 0 radical (unpaired) electrons. The predicted octanol–water partition coefficient (Wildman–Crippen LogP) is 1.88. The Kier molecular flexibility index (Phi) is 5.34. The predicted molar refractivity (Wildman–Crippen MR) is 78.1 cm³/mol. The average Bonchev–Trinajstić information content (AvgIpc) is 2.84. The molecule has 1 amide bonds. The highest BCUT2D eigenvalue weighted by Crippen LogP contribution is 2.29. The Morgan fingerprint density at radius 3 is 3.00 bits per heavy atom. The van der Waals surface area contributed by atoms with E-state index in [0.717, 1.165) is 36.4 Å². The lowest BCUT2D eigenvalue weighted by Crippen LogP contribution is -2.40. The van der Waals surface area contributed by atoms with Crippen molar-refractivity contribution in [2.24, 2.45) is 17.6 Å². The second kappa shape index (κ2) is 7.01. The van der Waals surface area contributed by atoms with Crippen LogP contribution in [0.4, 0.5) is 0 Å². The van der Waals surface area contributed by atoms with Gasteiger partial charge in [-0.3, -0.25) is 4.79 Å². The SMILES string of the molecule is Cc1csc(CCNC(=O)C2CCCCC2CN)n1. The summed E-state index contributed by atoms with van der Waals surface area (Å²) in [5.74, 6) is 0.677. The number of thiazole rings is 1. The molecule has 2 rings (SSSR count). The third kappa shape index (κ3) is 4.01. The zero-order chi connectivity index (χ0) is 13.7. The number of amides is 1. The second-order valence-corrected chi connectivity index (χ2v) is 6.25. The standard InChI is InChI=1S/C14H23N3OS/c1-10-9-19-13(17-10)6-7-16-14(18)12-5-3-2-4-11(12)8-15/h9,11-12H,2-8,15H2,1H3,(H,16,18). The Balaban J connectivity index is 1.77. The fourth-order valence-electron chi connectivity index (χ4n) is 2.78. The van der Waals surface area contributed by atoms with Crippen molar-refractivity contribution in [3.8, 4) is 0 Å². The summed E-state index contributed by atoms with van der Waals surface area (Å²) in [5, 5.41) is 6.19. The molecule has 4 nitrogen and oxygen atoms in total. The molecule has 1 fully saturated rings. The molecule has 106 valence electrons. The number of rotatable bonds is 5. The van der Waals surface area contributed by atoms with Gasteiger partial charge >= 0.3 is 0 Å². The molecule has 5 heteroatoms. The summed E-state index contributed by atoms with van der Waals surface area (Å²) in [5.41, 5.74) is 6.82. The van der Waals surface area contributed by atoms with Crippen LogP contribution in [0.2, 0.25) is 0 Å². The molecule has 1 aliphatic rings. The number of nitrogens with two attached hydrogens (primary N) is 1. The number of aryl methyl sites for hydroxylation is 1. The minimum atomic E-state index is 0.122. The lowest BCUT2D eigenvalue weighted by Gasteiger charge is -2.29. The summed E-state index contributed by atoms with van der Waals surface area (Å²) in [4.78, 5) is 16.6. The zero-order valence-corrected chi connectivity index (χ0v) is 12.3. The average molecular weight is 281 g/mol. The highest BCUT2D eigenvalue weighted by atomic mass is 32.1. The zero-order valence-electron chi connectivity index (χ0n) is 11.5. The summed E-state index contributed by atoms with van der Waals surface area (Å²) in [7, 11) is 0. The molecule has 0 bridgehead atoms. The first-order valence-corrected chi connectivity index (χ1v) is 7.97. The van der Waals surface area contributed by atoms with Gasteiger partial charge in [0, 0.05) is 30.0 Å². The van der Waals surface area contributed by atoms with Crippen LogP contribution < -0.4 is 11.1 Å². The third-order valence-corrected chi connectivity index (χ3v) is 4.88. The topological polar surface area (TPSA) is 68.0 Å². The van der Waals surface area contributed by atoms with Crippen molar-refractivity contribution in [3.63, 3.8) is 0 Å². The van der Waals surface area contributed by atoms with Crippen molar-refractivity contribution < 1.29 is 4.79 Å². The minimum Gasteiger partial charge on any atom is -0.355 e. The lowest BCUT2D eigenvalue weighted by molar-refractivity contribution is -0.127. The Bertz CT molecular complexity index is 419. The molecule has 2 unspecified atom stereocenters. The lowest BCUT2D eigenvalue weighted by atomic mass is 9.79. The van der Waals surface area contributed by atoms with Gasteiger partial charge in [-0.25, -0.2) is 4.98 Å². The summed E-state index contributed by atoms with van der Waals surface area (Å²) in [6.07, 6.45) is 5.28. The maximum atomic E-state index is 12.2. The first-order valence-electron chi connectivity index (χ1n) is 7.09. The Labute approximate surface area is 118 Å². The highest BCUT2D eigenvalue weighted by Gasteiger charge is 2.29. The Morgan fingerprint density at radius 1 is 1.53 bits per heavy atom. The van der Waals surface area contributed by atoms with Gasteiger partial charge in [0.2, 0.25) is 5.91 Å². The van der Waals surface area contributed by atoms with Gasteiger partial charge in [-0.1, -0.05) is 12.8 Å². The van der Waals surface area contributed by atoms with Gasteiger partial charge in [-0.2, -0.15) is 0 Å². The number of hydrogen-bond donors (Lipinski definition) is 2. The highest BCUT2D eigenvalue weighted by molar-refractivity contribution is 7.09. The van der Waals surface area contributed by atoms with Gasteiger partial charge in [0.05, 0.1) is 5.01 Å². The van der Waals surface area contributed by atoms with Crippen molar-refractivity contribution in [1.29, 1.82) is 0 Å². The molecular formula is C14H23N3OS. The molecule has 0 aliphatic heterocycles. The second-order valence-electron chi connectivity index (χ2n) is 5.31. The van der Waals surface area contributed by atoms with E-state index in [4.69, 9.17) is 5.73 Å². The van der Waals surface area contributed by atoms with Crippen LogP contribution in [-0.2, 0) is 11.2 Å². The monoisotopic (exact) mass is 281 g/mol. The molecule has 1 aromatic rings. The summed E-state index contributed by atoms with van der Waals surface area (Å²) in [6, 6.07) is 0. The van der Waals surface area contributed by atoms with E-state index < -0.39 is 0 Å². The van der Waals surface area contributed by atoms with E-state index in [2.05, 4.69) is 10.3 Å². The molecular weight excluding hydrogens is 258 g/mol. The molecule has 0 aromatic carbocycles. The summed E-state index contributed by atoms with van der Waals surface area (Å²) < 4.78 is 0. The molecule has 1 aliphatic carbocycles. The van der Waals surface area contributed by atoms with Crippen LogP contribution >= 0.6 is 11.3 Å². The molecule has 3 N–H and O–H groups in total. The van der Waals surface area contributed by atoms with Crippen LogP contribution in [0.15, 0.2) is 5.38 Å². The van der Waals surface area contributed by atoms with Crippen LogP contribution in [0.1, 0.15) is 36.4 Å². The van der Waals surface area contributed by atoms with Crippen LogP contribution in [0.3, 0.4) is 0 Å². The summed E-state index contributed by atoms with van der Waals surface area (Å²) >= 11 is 1.66. The maximum Gasteiger partial charge on any atom is 0.223 e. The van der Waals surface area contributed by atoms with Crippen LogP contribution in [0, 0.1) is 18.8 Å². The molecule has 0 spiro atoms. The number of hydrogen-bond acceptors (Lipinski definition) is 4. The van der Waals surface area contributed by atoms with Crippen molar-refractivity contribution in [2.75, 3.05) is 13.1 Å². The van der Waals surface area contributed by atoms with Gasteiger partial charge in [-0.15, -0.1) is 11.3 Å². The van der Waals surface area contributed by atoms with Crippen LogP contribution in [-0.4, -0.2) is 24.0 Å². The van der Waals surface area contributed by atoms with E-state index in [-0.39, 0.29) is 11.8 Å². The largest absolute Gasteiger partial charge is 0.355 e. The first kappa shape index (κ1) is 14.5. The van der Waals surface area contributed by atoms with E-state index in [1.165, 1.54) is 6.42 Å². The number of aromatic nitrogens is 1. The number of nitrogens with zero attached hydrogens (tertiary/aromatic N) is 1. The van der Waals surface area contributed by atoms with E-state index in [1.807, 2.05) is 12.3 Å². The Hall–Kier alpha value is -0.940. The van der Waals surface area contributed by atoms with E-state index in [0.29, 0.717) is 19.0 Å². The molecule has 1 saturated carbocycles. The van der Waals surface area contributed by atoms with Crippen molar-refractivity contribution in [2.45, 2.75) is 39.0 Å². The quantitative estimate of drug-likeness (QED) is 0.866. The minimum absolute atomic E-state index is 0.122. The van der Waals surface area contributed by atoms with Crippen molar-refractivity contribution in [3.05, 3.63) is 16.1 Å². The van der Waals surface area contributed by atoms with Gasteiger partial charge < -0.3 is 11.1 Å². The van der Waals surface area contributed by atoms with Crippen molar-refractivity contribution >= 4 is 17.2 Å². The fraction of sp³-hybridized carbons (Fsp3) is 0.714. The molecule has 19 heavy (non-hydrogen) atoms. The van der Waals surface area contributed by atoms with Gasteiger partial charge in [-0.05, 0) is 32.2 Å². The summed E-state index contributed by atoms with van der Waals surface area (Å²) in [6.45, 7) is 3.30. The molecule has 1 heterocycles. The first-order chi connectivity index (χ1) is 9.20. The smallest absolute Gasteiger partial charge is 0.223 e. The third-order valence-electron chi connectivity index (χ3n) is 3.85. The molecule has 0 saturated heterocycles. The number of carbonyl (C=O) groups excluding carboxylic acids is 1. The maximum absolute atomic E-state index is 12.2. The van der Waals surface area contributed by atoms with Crippen LogP contribution in [0.5, 0.6) is 0 Å². The molecule has 1 aromatic heterocycles. The van der Waals surface area contributed by atoms with Gasteiger partial charge in [0.1, 0.15) is 0 Å². The fourth-order valence-corrected chi connectivity index (χ4v) is 3.55. The van der Waals surface area contributed by atoms with Crippen LogP contribution in [0.25, 0.3) is 0 Å². The van der Waals surface area contributed by atoms with E-state index in [9.17, 15) is 4.79 Å². The van der Waals surface area contributed by atoms with E-state index in [1.54, 1.807) is 11.3 Å². The number of nitrogens with one attached hydrogen (secondary N) is 1. The number of carbonyl (C=O) groups is 1. The van der Waals surface area contributed by atoms with Gasteiger partial charge in [0.25, 0.3) is 0 Å².